The molecular weight excluding hydrogens is 230 g/mol. The highest BCUT2D eigenvalue weighted by atomic mass is 16.5. The second-order valence-electron chi connectivity index (χ2n) is 3.54. The zero-order valence-electron chi connectivity index (χ0n) is 10.2. The fourth-order valence-corrected chi connectivity index (χ4v) is 1.44. The fourth-order valence-electron chi connectivity index (χ4n) is 1.44. The molecule has 5 nitrogen and oxygen atoms in total. The minimum absolute atomic E-state index is 0.284. The molecule has 2 rings (SSSR count). The maximum atomic E-state index is 5.55. The second kappa shape index (κ2) is 5.97. The molecule has 0 saturated carbocycles. The molecule has 0 unspecified atom stereocenters. The van der Waals surface area contributed by atoms with Gasteiger partial charge in [0.15, 0.2) is 0 Å². The van der Waals surface area contributed by atoms with Crippen LogP contribution in [0.3, 0.4) is 0 Å². The molecule has 5 heteroatoms. The highest BCUT2D eigenvalue weighted by molar-refractivity contribution is 5.34. The van der Waals surface area contributed by atoms with Gasteiger partial charge in [0.2, 0.25) is 0 Å². The van der Waals surface area contributed by atoms with Crippen LogP contribution in [0.1, 0.15) is 12.6 Å². The molecule has 1 aromatic carbocycles. The van der Waals surface area contributed by atoms with Crippen molar-refractivity contribution >= 4 is 0 Å². The van der Waals surface area contributed by atoms with Crippen LogP contribution in [0, 0.1) is 0 Å². The lowest BCUT2D eigenvalue weighted by Gasteiger charge is -2.07. The summed E-state index contributed by atoms with van der Waals surface area (Å²) in [6, 6.07) is 9.37. The van der Waals surface area contributed by atoms with E-state index >= 15 is 0 Å². The van der Waals surface area contributed by atoms with Gasteiger partial charge in [-0.3, -0.25) is 0 Å². The zero-order valence-corrected chi connectivity index (χ0v) is 10.2. The van der Waals surface area contributed by atoms with Gasteiger partial charge in [-0.25, -0.2) is 4.98 Å². The standard InChI is InChI=1S/C13H15N3O2/c1-2-17-11-4-3-5-12(8-11)18-13-15-7-6-10(9-14)16-13/h3-8H,2,9,14H2,1H3. The van der Waals surface area contributed by atoms with Crippen LogP contribution < -0.4 is 15.2 Å². The minimum atomic E-state index is 0.284. The van der Waals surface area contributed by atoms with Gasteiger partial charge in [-0.2, -0.15) is 4.98 Å². The molecule has 2 aromatic rings. The summed E-state index contributed by atoms with van der Waals surface area (Å²) < 4.78 is 10.9. The first kappa shape index (κ1) is 12.3. The number of aromatic nitrogens is 2. The van der Waals surface area contributed by atoms with Gasteiger partial charge in [0.25, 0.3) is 0 Å². The lowest BCUT2D eigenvalue weighted by molar-refractivity contribution is 0.337. The fraction of sp³-hybridized carbons (Fsp3) is 0.231. The van der Waals surface area contributed by atoms with Crippen molar-refractivity contribution < 1.29 is 9.47 Å². The van der Waals surface area contributed by atoms with E-state index in [2.05, 4.69) is 9.97 Å². The quantitative estimate of drug-likeness (QED) is 0.873. The summed E-state index contributed by atoms with van der Waals surface area (Å²) in [7, 11) is 0. The van der Waals surface area contributed by atoms with Crippen LogP contribution in [0.15, 0.2) is 36.5 Å². The monoisotopic (exact) mass is 245 g/mol. The number of hydrogen-bond donors (Lipinski definition) is 1. The van der Waals surface area contributed by atoms with Gasteiger partial charge in [-0.1, -0.05) is 6.07 Å². The smallest absolute Gasteiger partial charge is 0.322 e. The Balaban J connectivity index is 2.14. The molecule has 0 atom stereocenters. The zero-order chi connectivity index (χ0) is 12.8. The average Bonchev–Trinajstić information content (AvgIpc) is 2.40. The Kier molecular flexibility index (Phi) is 4.09. The minimum Gasteiger partial charge on any atom is -0.494 e. The summed E-state index contributed by atoms with van der Waals surface area (Å²) in [4.78, 5) is 8.19. The summed E-state index contributed by atoms with van der Waals surface area (Å²) in [5.41, 5.74) is 6.25. The molecule has 1 aromatic heterocycles. The Morgan fingerprint density at radius 1 is 1.22 bits per heavy atom. The first-order valence-corrected chi connectivity index (χ1v) is 5.74. The summed E-state index contributed by atoms with van der Waals surface area (Å²) in [5.74, 6) is 1.39. The van der Waals surface area contributed by atoms with Crippen LogP contribution in [0.25, 0.3) is 0 Å². The Morgan fingerprint density at radius 2 is 2.06 bits per heavy atom. The largest absolute Gasteiger partial charge is 0.494 e. The van der Waals surface area contributed by atoms with Crippen molar-refractivity contribution in [3.63, 3.8) is 0 Å². The van der Waals surface area contributed by atoms with Gasteiger partial charge in [-0.15, -0.1) is 0 Å². The molecule has 0 aliphatic rings. The number of nitrogens with zero attached hydrogens (tertiary/aromatic N) is 2. The molecule has 1 heterocycles. The van der Waals surface area contributed by atoms with Gasteiger partial charge >= 0.3 is 6.01 Å². The molecule has 0 aliphatic carbocycles. The van der Waals surface area contributed by atoms with Crippen molar-refractivity contribution in [2.24, 2.45) is 5.73 Å². The molecule has 18 heavy (non-hydrogen) atoms. The maximum absolute atomic E-state index is 5.55. The van der Waals surface area contributed by atoms with Crippen LogP contribution in [-0.2, 0) is 6.54 Å². The number of rotatable bonds is 5. The molecule has 0 saturated heterocycles. The van der Waals surface area contributed by atoms with Crippen molar-refractivity contribution in [2.75, 3.05) is 6.61 Å². The number of benzene rings is 1. The number of nitrogens with two attached hydrogens (primary N) is 1. The third kappa shape index (κ3) is 3.18. The highest BCUT2D eigenvalue weighted by Gasteiger charge is 2.02. The predicted molar refractivity (Wildman–Crippen MR) is 67.6 cm³/mol. The van der Waals surface area contributed by atoms with E-state index in [4.69, 9.17) is 15.2 Å². The molecule has 0 bridgehead atoms. The van der Waals surface area contributed by atoms with E-state index in [1.165, 1.54) is 0 Å². The molecular formula is C13H15N3O2. The molecule has 0 spiro atoms. The Hall–Kier alpha value is -2.14. The number of ether oxygens (including phenoxy) is 2. The van der Waals surface area contributed by atoms with Gasteiger partial charge in [-0.05, 0) is 25.1 Å². The third-order valence-corrected chi connectivity index (χ3v) is 2.23. The van der Waals surface area contributed by atoms with E-state index in [9.17, 15) is 0 Å². The number of hydrogen-bond acceptors (Lipinski definition) is 5. The van der Waals surface area contributed by atoms with Crippen LogP contribution >= 0.6 is 0 Å². The van der Waals surface area contributed by atoms with Crippen LogP contribution in [0.4, 0.5) is 0 Å². The second-order valence-corrected chi connectivity index (χ2v) is 3.54. The van der Waals surface area contributed by atoms with E-state index < -0.39 is 0 Å². The van der Waals surface area contributed by atoms with Gasteiger partial charge in [0.05, 0.1) is 12.3 Å². The molecule has 0 radical (unpaired) electrons. The molecule has 0 fully saturated rings. The molecule has 0 amide bonds. The normalized spacial score (nSPS) is 10.1. The topological polar surface area (TPSA) is 70.3 Å². The van der Waals surface area contributed by atoms with E-state index in [-0.39, 0.29) is 6.01 Å². The first-order chi connectivity index (χ1) is 8.81. The van der Waals surface area contributed by atoms with Crippen LogP contribution in [0.5, 0.6) is 17.5 Å². The molecule has 2 N–H and O–H groups in total. The van der Waals surface area contributed by atoms with Crippen molar-refractivity contribution in [2.45, 2.75) is 13.5 Å². The summed E-state index contributed by atoms with van der Waals surface area (Å²) in [5, 5.41) is 0. The lowest BCUT2D eigenvalue weighted by atomic mass is 10.3. The van der Waals surface area contributed by atoms with Crippen molar-refractivity contribution in [3.8, 4) is 17.5 Å². The first-order valence-electron chi connectivity index (χ1n) is 5.74. The van der Waals surface area contributed by atoms with Gasteiger partial charge in [0, 0.05) is 18.8 Å². The SMILES string of the molecule is CCOc1cccc(Oc2nccc(CN)n2)c1. The van der Waals surface area contributed by atoms with Crippen molar-refractivity contribution in [1.29, 1.82) is 0 Å². The van der Waals surface area contributed by atoms with E-state index in [1.807, 2.05) is 25.1 Å². The van der Waals surface area contributed by atoms with E-state index in [0.717, 1.165) is 11.4 Å². The van der Waals surface area contributed by atoms with Crippen LogP contribution in [0.2, 0.25) is 0 Å². The molecule has 94 valence electrons. The van der Waals surface area contributed by atoms with Crippen LogP contribution in [-0.4, -0.2) is 16.6 Å². The van der Waals surface area contributed by atoms with Gasteiger partial charge in [0.1, 0.15) is 11.5 Å². The van der Waals surface area contributed by atoms with E-state index in [0.29, 0.717) is 18.9 Å². The van der Waals surface area contributed by atoms with E-state index in [1.54, 1.807) is 18.3 Å². The summed E-state index contributed by atoms with van der Waals surface area (Å²) in [6.07, 6.45) is 1.62. The maximum Gasteiger partial charge on any atom is 0.322 e. The Labute approximate surface area is 106 Å². The summed E-state index contributed by atoms with van der Waals surface area (Å²) in [6.45, 7) is 2.90. The highest BCUT2D eigenvalue weighted by Crippen LogP contribution is 2.22. The molecule has 0 aliphatic heterocycles. The summed E-state index contributed by atoms with van der Waals surface area (Å²) >= 11 is 0. The average molecular weight is 245 g/mol. The van der Waals surface area contributed by atoms with Crippen molar-refractivity contribution in [3.05, 3.63) is 42.2 Å². The van der Waals surface area contributed by atoms with Gasteiger partial charge < -0.3 is 15.2 Å². The third-order valence-electron chi connectivity index (χ3n) is 2.23. The predicted octanol–water partition coefficient (Wildman–Crippen LogP) is 2.13. The van der Waals surface area contributed by atoms with Crippen molar-refractivity contribution in [1.82, 2.24) is 9.97 Å². The Morgan fingerprint density at radius 3 is 2.83 bits per heavy atom. The Bertz CT molecular complexity index is 517. The lowest BCUT2D eigenvalue weighted by Crippen LogP contribution is -2.01.